The first-order valence-electron chi connectivity index (χ1n) is 6.19. The Morgan fingerprint density at radius 3 is 2.13 bits per heavy atom. The first-order chi connectivity index (χ1) is 7.15. The number of hydrogen-bond donors (Lipinski definition) is 1. The molecule has 0 saturated heterocycles. The molecule has 0 aliphatic carbocycles. The predicted molar refractivity (Wildman–Crippen MR) is 68.4 cm³/mol. The average Bonchev–Trinajstić information content (AvgIpc) is 2.21. The van der Waals surface area contributed by atoms with Crippen molar-refractivity contribution in [1.29, 1.82) is 0 Å². The van der Waals surface area contributed by atoms with Crippen LogP contribution in [0.15, 0.2) is 0 Å². The van der Waals surface area contributed by atoms with E-state index >= 15 is 0 Å². The van der Waals surface area contributed by atoms with E-state index in [4.69, 9.17) is 0 Å². The Bertz CT molecular complexity index is 137. The van der Waals surface area contributed by atoms with Gasteiger partial charge in [0.05, 0.1) is 0 Å². The molecule has 0 amide bonds. The minimum absolute atomic E-state index is 0.690. The summed E-state index contributed by atoms with van der Waals surface area (Å²) in [5.74, 6) is 0. The fourth-order valence-corrected chi connectivity index (χ4v) is 1.86. The summed E-state index contributed by atoms with van der Waals surface area (Å²) in [5, 5.41) is 3.29. The van der Waals surface area contributed by atoms with Crippen LogP contribution in [0.5, 0.6) is 0 Å². The maximum Gasteiger partial charge on any atom is 0.0218 e. The summed E-state index contributed by atoms with van der Waals surface area (Å²) in [7, 11) is 6.32. The summed E-state index contributed by atoms with van der Waals surface area (Å²) in [5.41, 5.74) is 0. The van der Waals surface area contributed by atoms with Crippen LogP contribution in [0.1, 0.15) is 26.7 Å². The molecule has 1 atom stereocenters. The molecule has 0 aromatic rings. The lowest BCUT2D eigenvalue weighted by Gasteiger charge is -2.31. The van der Waals surface area contributed by atoms with Gasteiger partial charge in [-0.05, 0) is 40.5 Å². The van der Waals surface area contributed by atoms with Crippen LogP contribution in [-0.4, -0.2) is 63.2 Å². The second-order valence-electron chi connectivity index (χ2n) is 4.46. The zero-order valence-corrected chi connectivity index (χ0v) is 11.2. The van der Waals surface area contributed by atoms with Crippen molar-refractivity contribution in [2.24, 2.45) is 0 Å². The lowest BCUT2D eigenvalue weighted by atomic mass is 10.1. The Morgan fingerprint density at radius 1 is 1.07 bits per heavy atom. The summed E-state index contributed by atoms with van der Waals surface area (Å²) >= 11 is 0. The molecular formula is C12H29N3. The van der Waals surface area contributed by atoms with Crippen molar-refractivity contribution in [3.8, 4) is 0 Å². The molecule has 0 saturated carbocycles. The Morgan fingerprint density at radius 2 is 1.73 bits per heavy atom. The third-order valence-electron chi connectivity index (χ3n) is 2.77. The van der Waals surface area contributed by atoms with Crippen LogP contribution in [0.3, 0.4) is 0 Å². The van der Waals surface area contributed by atoms with Gasteiger partial charge in [0.25, 0.3) is 0 Å². The van der Waals surface area contributed by atoms with Gasteiger partial charge in [0.2, 0.25) is 0 Å². The normalized spacial score (nSPS) is 13.8. The predicted octanol–water partition coefficient (Wildman–Crippen LogP) is 1.26. The molecule has 0 rings (SSSR count). The number of nitrogens with one attached hydrogen (secondary N) is 1. The third-order valence-corrected chi connectivity index (χ3v) is 2.77. The molecule has 0 aliphatic heterocycles. The van der Waals surface area contributed by atoms with E-state index in [1.807, 2.05) is 7.05 Å². The van der Waals surface area contributed by atoms with E-state index in [9.17, 15) is 0 Å². The van der Waals surface area contributed by atoms with E-state index in [0.29, 0.717) is 6.04 Å². The average molecular weight is 215 g/mol. The van der Waals surface area contributed by atoms with Crippen molar-refractivity contribution in [2.75, 3.05) is 47.3 Å². The Hall–Kier alpha value is -0.120. The summed E-state index contributed by atoms with van der Waals surface area (Å²) in [6.45, 7) is 9.19. The highest BCUT2D eigenvalue weighted by Crippen LogP contribution is 2.04. The molecule has 3 heteroatoms. The molecule has 0 aliphatic rings. The van der Waals surface area contributed by atoms with Crippen LogP contribution in [-0.2, 0) is 0 Å². The first kappa shape index (κ1) is 14.9. The number of hydrogen-bond acceptors (Lipinski definition) is 3. The second-order valence-corrected chi connectivity index (χ2v) is 4.46. The van der Waals surface area contributed by atoms with Gasteiger partial charge in [-0.2, -0.15) is 0 Å². The summed E-state index contributed by atoms with van der Waals surface area (Å²) < 4.78 is 0. The highest BCUT2D eigenvalue weighted by Gasteiger charge is 2.14. The maximum atomic E-state index is 3.29. The minimum Gasteiger partial charge on any atom is -0.318 e. The molecule has 0 heterocycles. The highest BCUT2D eigenvalue weighted by atomic mass is 15.2. The van der Waals surface area contributed by atoms with Gasteiger partial charge in [-0.3, -0.25) is 4.90 Å². The van der Waals surface area contributed by atoms with Crippen LogP contribution in [0.25, 0.3) is 0 Å². The van der Waals surface area contributed by atoms with Crippen LogP contribution < -0.4 is 5.32 Å². The molecule has 0 spiro atoms. The molecule has 92 valence electrons. The Labute approximate surface area is 95.8 Å². The van der Waals surface area contributed by atoms with E-state index in [0.717, 1.165) is 13.1 Å². The fraction of sp³-hybridized carbons (Fsp3) is 1.00. The molecule has 0 fully saturated rings. The quantitative estimate of drug-likeness (QED) is 0.625. The van der Waals surface area contributed by atoms with Gasteiger partial charge in [-0.25, -0.2) is 0 Å². The van der Waals surface area contributed by atoms with Gasteiger partial charge in [-0.1, -0.05) is 13.8 Å². The molecule has 1 N–H and O–H groups in total. The molecule has 1 unspecified atom stereocenters. The van der Waals surface area contributed by atoms with Gasteiger partial charge in [-0.15, -0.1) is 0 Å². The maximum absolute atomic E-state index is 3.29. The zero-order valence-electron chi connectivity index (χ0n) is 11.2. The smallest absolute Gasteiger partial charge is 0.0218 e. The molecule has 0 aromatic heterocycles. The van der Waals surface area contributed by atoms with Crippen LogP contribution >= 0.6 is 0 Å². The van der Waals surface area contributed by atoms with Crippen LogP contribution in [0.2, 0.25) is 0 Å². The SMILES string of the molecule is CCCN(CCN(C)C)C(CC)CNC. The van der Waals surface area contributed by atoms with E-state index in [-0.39, 0.29) is 0 Å². The number of likely N-dealkylation sites (N-methyl/N-ethyl adjacent to an activating group) is 2. The summed E-state index contributed by atoms with van der Waals surface area (Å²) in [6.07, 6.45) is 2.47. The van der Waals surface area contributed by atoms with Gasteiger partial charge in [0.15, 0.2) is 0 Å². The van der Waals surface area contributed by atoms with E-state index in [2.05, 4.69) is 43.1 Å². The van der Waals surface area contributed by atoms with Gasteiger partial charge in [0.1, 0.15) is 0 Å². The van der Waals surface area contributed by atoms with Gasteiger partial charge in [0, 0.05) is 25.7 Å². The van der Waals surface area contributed by atoms with Crippen molar-refractivity contribution >= 4 is 0 Å². The molecule has 0 bridgehead atoms. The zero-order chi connectivity index (χ0) is 11.7. The summed E-state index contributed by atoms with van der Waals surface area (Å²) in [6, 6.07) is 0.690. The van der Waals surface area contributed by atoms with Gasteiger partial charge >= 0.3 is 0 Å². The molecule has 3 nitrogen and oxygen atoms in total. The second kappa shape index (κ2) is 9.13. The van der Waals surface area contributed by atoms with Crippen molar-refractivity contribution in [1.82, 2.24) is 15.1 Å². The molecule has 0 aromatic carbocycles. The topological polar surface area (TPSA) is 18.5 Å². The molecular weight excluding hydrogens is 186 g/mol. The van der Waals surface area contributed by atoms with Crippen LogP contribution in [0.4, 0.5) is 0 Å². The van der Waals surface area contributed by atoms with Crippen molar-refractivity contribution in [3.05, 3.63) is 0 Å². The van der Waals surface area contributed by atoms with Gasteiger partial charge < -0.3 is 10.2 Å². The largest absolute Gasteiger partial charge is 0.318 e. The monoisotopic (exact) mass is 215 g/mol. The lowest BCUT2D eigenvalue weighted by Crippen LogP contribution is -2.44. The van der Waals surface area contributed by atoms with E-state index in [1.54, 1.807) is 0 Å². The van der Waals surface area contributed by atoms with Crippen LogP contribution in [0, 0.1) is 0 Å². The lowest BCUT2D eigenvalue weighted by molar-refractivity contribution is 0.172. The number of rotatable bonds is 9. The van der Waals surface area contributed by atoms with E-state index in [1.165, 1.54) is 25.9 Å². The highest BCUT2D eigenvalue weighted by molar-refractivity contribution is 4.72. The standard InChI is InChI=1S/C12H29N3/c1-6-8-15(10-9-14(4)5)12(7-2)11-13-3/h12-13H,6-11H2,1-5H3. The Balaban J connectivity index is 4.07. The van der Waals surface area contributed by atoms with E-state index < -0.39 is 0 Å². The summed E-state index contributed by atoms with van der Waals surface area (Å²) in [4.78, 5) is 4.87. The third kappa shape index (κ3) is 6.88. The molecule has 15 heavy (non-hydrogen) atoms. The van der Waals surface area contributed by atoms with Crippen molar-refractivity contribution < 1.29 is 0 Å². The number of nitrogens with zero attached hydrogens (tertiary/aromatic N) is 2. The molecule has 0 radical (unpaired) electrons. The minimum atomic E-state index is 0.690. The fourth-order valence-electron chi connectivity index (χ4n) is 1.86. The Kier molecular flexibility index (Phi) is 9.06. The van der Waals surface area contributed by atoms with Crippen molar-refractivity contribution in [3.63, 3.8) is 0 Å². The van der Waals surface area contributed by atoms with Crippen molar-refractivity contribution in [2.45, 2.75) is 32.7 Å². The first-order valence-corrected chi connectivity index (χ1v) is 6.19.